The first-order valence-corrected chi connectivity index (χ1v) is 4.21. The van der Waals surface area contributed by atoms with Crippen molar-refractivity contribution in [3.05, 3.63) is 29.8 Å². The molecule has 0 bridgehead atoms. The molecule has 0 amide bonds. The molecule has 84 valence electrons. The molecule has 0 aliphatic carbocycles. The lowest BCUT2D eigenvalue weighted by molar-refractivity contribution is 0.0115. The van der Waals surface area contributed by atoms with Crippen molar-refractivity contribution in [1.82, 2.24) is 0 Å². The first kappa shape index (κ1) is 11.8. The molecule has 1 unspecified atom stereocenters. The van der Waals surface area contributed by atoms with Crippen LogP contribution in [0.15, 0.2) is 18.2 Å². The Kier molecular flexibility index (Phi) is 4.41. The van der Waals surface area contributed by atoms with Gasteiger partial charge in [-0.25, -0.2) is 14.7 Å². The normalized spacial score (nSPS) is 12.5. The van der Waals surface area contributed by atoms with Crippen LogP contribution in [0.1, 0.15) is 0 Å². The zero-order valence-corrected chi connectivity index (χ0v) is 7.82. The molecule has 0 fully saturated rings. The number of rotatable bonds is 5. The Balaban J connectivity index is 2.47. The van der Waals surface area contributed by atoms with E-state index in [9.17, 15) is 8.78 Å². The highest BCUT2D eigenvalue weighted by atomic mass is 19.2. The Labute approximate surface area is 85.2 Å². The third-order valence-electron chi connectivity index (χ3n) is 1.62. The van der Waals surface area contributed by atoms with Crippen molar-refractivity contribution in [2.24, 2.45) is 5.90 Å². The molecule has 3 N–H and O–H groups in total. The summed E-state index contributed by atoms with van der Waals surface area (Å²) in [6.07, 6.45) is -0.914. The quantitative estimate of drug-likeness (QED) is 0.711. The smallest absolute Gasteiger partial charge is 0.162 e. The second-order valence-corrected chi connectivity index (χ2v) is 2.87. The highest BCUT2D eigenvalue weighted by molar-refractivity contribution is 5.23. The molecule has 1 aromatic carbocycles. The SMILES string of the molecule is NOCC(O)COc1ccc(F)c(F)c1. The maximum atomic E-state index is 12.7. The van der Waals surface area contributed by atoms with Gasteiger partial charge in [-0.3, -0.25) is 0 Å². The Morgan fingerprint density at radius 1 is 1.27 bits per heavy atom. The summed E-state index contributed by atoms with van der Waals surface area (Å²) in [4.78, 5) is 4.17. The van der Waals surface area contributed by atoms with E-state index in [1.54, 1.807) is 0 Å². The van der Waals surface area contributed by atoms with E-state index in [4.69, 9.17) is 15.7 Å². The van der Waals surface area contributed by atoms with Crippen molar-refractivity contribution < 1.29 is 23.5 Å². The molecule has 0 saturated heterocycles. The third kappa shape index (κ3) is 3.78. The van der Waals surface area contributed by atoms with Crippen molar-refractivity contribution >= 4 is 0 Å². The Bertz CT molecular complexity index is 322. The monoisotopic (exact) mass is 219 g/mol. The minimum absolute atomic E-state index is 0.0936. The van der Waals surface area contributed by atoms with Crippen LogP contribution in [-0.4, -0.2) is 24.4 Å². The molecule has 6 heteroatoms. The minimum Gasteiger partial charge on any atom is -0.491 e. The molecule has 0 aliphatic heterocycles. The van der Waals surface area contributed by atoms with E-state index in [1.807, 2.05) is 0 Å². The molecule has 4 nitrogen and oxygen atoms in total. The number of benzene rings is 1. The van der Waals surface area contributed by atoms with Crippen molar-refractivity contribution in [2.75, 3.05) is 13.2 Å². The molecular weight excluding hydrogens is 208 g/mol. The van der Waals surface area contributed by atoms with Crippen molar-refractivity contribution in [2.45, 2.75) is 6.10 Å². The molecule has 15 heavy (non-hydrogen) atoms. The number of aliphatic hydroxyl groups excluding tert-OH is 1. The summed E-state index contributed by atoms with van der Waals surface area (Å²) in [5.74, 6) is 2.89. The van der Waals surface area contributed by atoms with Crippen LogP contribution >= 0.6 is 0 Å². The van der Waals surface area contributed by atoms with E-state index in [1.165, 1.54) is 6.07 Å². The van der Waals surface area contributed by atoms with Gasteiger partial charge in [0.15, 0.2) is 11.6 Å². The average molecular weight is 219 g/mol. The summed E-state index contributed by atoms with van der Waals surface area (Å²) in [7, 11) is 0. The number of halogens is 2. The van der Waals surface area contributed by atoms with Crippen LogP contribution in [-0.2, 0) is 4.84 Å². The van der Waals surface area contributed by atoms with Gasteiger partial charge in [0, 0.05) is 6.07 Å². The van der Waals surface area contributed by atoms with Crippen LogP contribution in [0.25, 0.3) is 0 Å². The lowest BCUT2D eigenvalue weighted by atomic mass is 10.3. The minimum atomic E-state index is -1.00. The summed E-state index contributed by atoms with van der Waals surface area (Å²) in [6.45, 7) is -0.202. The number of nitrogens with two attached hydrogens (primary N) is 1. The molecule has 0 aliphatic rings. The molecule has 0 radical (unpaired) electrons. The van der Waals surface area contributed by atoms with Crippen LogP contribution in [0, 0.1) is 11.6 Å². The lowest BCUT2D eigenvalue weighted by Crippen LogP contribution is -2.25. The average Bonchev–Trinajstić information content (AvgIpc) is 2.20. The van der Waals surface area contributed by atoms with Crippen molar-refractivity contribution in [3.63, 3.8) is 0 Å². The fraction of sp³-hybridized carbons (Fsp3) is 0.333. The molecule has 0 heterocycles. The fourth-order valence-corrected chi connectivity index (χ4v) is 0.918. The molecule has 1 rings (SSSR count). The van der Waals surface area contributed by atoms with Gasteiger partial charge in [-0.1, -0.05) is 0 Å². The molecule has 0 aromatic heterocycles. The highest BCUT2D eigenvalue weighted by Gasteiger charge is 2.07. The molecule has 0 saturated carbocycles. The van der Waals surface area contributed by atoms with Gasteiger partial charge >= 0.3 is 0 Å². The number of ether oxygens (including phenoxy) is 1. The van der Waals surface area contributed by atoms with Crippen LogP contribution in [0.4, 0.5) is 8.78 Å². The summed E-state index contributed by atoms with van der Waals surface area (Å²) >= 11 is 0. The topological polar surface area (TPSA) is 64.7 Å². The fourth-order valence-electron chi connectivity index (χ4n) is 0.918. The predicted molar refractivity (Wildman–Crippen MR) is 48.0 cm³/mol. The molecule has 0 spiro atoms. The number of hydrogen-bond donors (Lipinski definition) is 2. The number of aliphatic hydroxyl groups is 1. The predicted octanol–water partition coefficient (Wildman–Crippen LogP) is 0.595. The van der Waals surface area contributed by atoms with E-state index in [-0.39, 0.29) is 19.0 Å². The lowest BCUT2D eigenvalue weighted by Gasteiger charge is -2.10. The Morgan fingerprint density at radius 2 is 2.00 bits per heavy atom. The van der Waals surface area contributed by atoms with Gasteiger partial charge in [0.25, 0.3) is 0 Å². The van der Waals surface area contributed by atoms with Gasteiger partial charge < -0.3 is 14.7 Å². The second-order valence-electron chi connectivity index (χ2n) is 2.87. The van der Waals surface area contributed by atoms with E-state index in [2.05, 4.69) is 4.84 Å². The van der Waals surface area contributed by atoms with Gasteiger partial charge in [0.05, 0.1) is 6.61 Å². The van der Waals surface area contributed by atoms with E-state index in [0.717, 1.165) is 12.1 Å². The van der Waals surface area contributed by atoms with Gasteiger partial charge in [-0.05, 0) is 12.1 Å². The van der Waals surface area contributed by atoms with Crippen LogP contribution < -0.4 is 10.6 Å². The van der Waals surface area contributed by atoms with Crippen LogP contribution in [0.3, 0.4) is 0 Å². The van der Waals surface area contributed by atoms with Crippen molar-refractivity contribution in [3.8, 4) is 5.75 Å². The summed E-state index contributed by atoms with van der Waals surface area (Å²) in [5, 5.41) is 9.14. The highest BCUT2D eigenvalue weighted by Crippen LogP contribution is 2.15. The second kappa shape index (κ2) is 5.59. The summed E-state index contributed by atoms with van der Waals surface area (Å²) in [6, 6.07) is 3.09. The first-order valence-electron chi connectivity index (χ1n) is 4.21. The largest absolute Gasteiger partial charge is 0.491 e. The summed E-state index contributed by atoms with van der Waals surface area (Å²) in [5.41, 5.74) is 0. The van der Waals surface area contributed by atoms with Crippen LogP contribution in [0.2, 0.25) is 0 Å². The van der Waals surface area contributed by atoms with Crippen LogP contribution in [0.5, 0.6) is 5.75 Å². The molecular formula is C9H11F2NO3. The van der Waals surface area contributed by atoms with E-state index >= 15 is 0 Å². The van der Waals surface area contributed by atoms with Crippen molar-refractivity contribution in [1.29, 1.82) is 0 Å². The summed E-state index contributed by atoms with van der Waals surface area (Å²) < 4.78 is 30.2. The third-order valence-corrected chi connectivity index (χ3v) is 1.62. The maximum absolute atomic E-state index is 12.7. The molecule has 1 atom stereocenters. The zero-order chi connectivity index (χ0) is 11.3. The van der Waals surface area contributed by atoms with Gasteiger partial charge in [-0.2, -0.15) is 0 Å². The van der Waals surface area contributed by atoms with Gasteiger partial charge in [-0.15, -0.1) is 0 Å². The molecule has 1 aromatic rings. The Morgan fingerprint density at radius 3 is 2.60 bits per heavy atom. The first-order chi connectivity index (χ1) is 7.13. The van der Waals surface area contributed by atoms with E-state index in [0.29, 0.717) is 0 Å². The Hall–Kier alpha value is -1.24. The number of hydrogen-bond acceptors (Lipinski definition) is 4. The van der Waals surface area contributed by atoms with Gasteiger partial charge in [0.1, 0.15) is 18.5 Å². The maximum Gasteiger partial charge on any atom is 0.162 e. The van der Waals surface area contributed by atoms with E-state index < -0.39 is 17.7 Å². The standard InChI is InChI=1S/C9H11F2NO3/c10-8-2-1-7(3-9(8)11)14-4-6(13)5-15-12/h1-3,6,13H,4-5,12H2. The zero-order valence-electron chi connectivity index (χ0n) is 7.82. The van der Waals surface area contributed by atoms with Gasteiger partial charge in [0.2, 0.25) is 0 Å².